The number of hydrogen-bond donors (Lipinski definition) is 2. The van der Waals surface area contributed by atoms with Gasteiger partial charge in [0.25, 0.3) is 0 Å². The number of methoxy groups -OCH3 is 1. The number of hydrogen-bond acceptors (Lipinski definition) is 3. The molecule has 0 amide bonds. The fourth-order valence-corrected chi connectivity index (χ4v) is 2.18. The molecule has 1 unspecified atom stereocenters. The predicted molar refractivity (Wildman–Crippen MR) is 73.4 cm³/mol. The Morgan fingerprint density at radius 2 is 2.29 bits per heavy atom. The van der Waals surface area contributed by atoms with Crippen LogP contribution in [0, 0.1) is 0 Å². The van der Waals surface area contributed by atoms with E-state index in [-0.39, 0.29) is 12.6 Å². The average molecular weight is 323 g/mol. The molecule has 96 valence electrons. The molecule has 0 heterocycles. The Morgan fingerprint density at radius 3 is 2.88 bits per heavy atom. The summed E-state index contributed by atoms with van der Waals surface area (Å²) in [5.41, 5.74) is 1.02. The number of benzene rings is 1. The van der Waals surface area contributed by atoms with Gasteiger partial charge in [0.15, 0.2) is 0 Å². The maximum absolute atomic E-state index is 9.19. The average Bonchev–Trinajstić information content (AvgIpc) is 2.31. The van der Waals surface area contributed by atoms with E-state index in [2.05, 4.69) is 21.2 Å². The van der Waals surface area contributed by atoms with Crippen molar-refractivity contribution >= 4 is 27.5 Å². The van der Waals surface area contributed by atoms with Crippen molar-refractivity contribution in [3.63, 3.8) is 0 Å². The van der Waals surface area contributed by atoms with Crippen molar-refractivity contribution < 1.29 is 9.84 Å². The summed E-state index contributed by atoms with van der Waals surface area (Å²) in [5.74, 6) is 0. The molecule has 0 aliphatic rings. The lowest BCUT2D eigenvalue weighted by Crippen LogP contribution is -2.33. The second-order valence-electron chi connectivity index (χ2n) is 3.78. The molecule has 1 aromatic carbocycles. The zero-order chi connectivity index (χ0) is 12.7. The van der Waals surface area contributed by atoms with Crippen LogP contribution in [-0.2, 0) is 11.3 Å². The molecule has 0 saturated heterocycles. The third kappa shape index (κ3) is 5.36. The molecule has 3 nitrogen and oxygen atoms in total. The van der Waals surface area contributed by atoms with Gasteiger partial charge >= 0.3 is 0 Å². The fraction of sp³-hybridized carbons (Fsp3) is 0.500. The van der Waals surface area contributed by atoms with Crippen LogP contribution < -0.4 is 5.32 Å². The highest BCUT2D eigenvalue weighted by Crippen LogP contribution is 2.21. The van der Waals surface area contributed by atoms with E-state index >= 15 is 0 Å². The lowest BCUT2D eigenvalue weighted by atomic mass is 10.2. The number of nitrogens with one attached hydrogen (secondary N) is 1. The summed E-state index contributed by atoms with van der Waals surface area (Å²) < 4.78 is 5.94. The molecule has 0 aliphatic heterocycles. The number of ether oxygens (including phenoxy) is 1. The highest BCUT2D eigenvalue weighted by molar-refractivity contribution is 9.10. The number of rotatable bonds is 7. The highest BCUT2D eigenvalue weighted by Gasteiger charge is 2.08. The molecule has 2 N–H and O–H groups in total. The van der Waals surface area contributed by atoms with Crippen LogP contribution >= 0.6 is 27.5 Å². The van der Waals surface area contributed by atoms with E-state index in [1.165, 1.54) is 0 Å². The fourth-order valence-electron chi connectivity index (χ4n) is 1.44. The van der Waals surface area contributed by atoms with Crippen molar-refractivity contribution in [3.8, 4) is 0 Å². The van der Waals surface area contributed by atoms with Gasteiger partial charge in [-0.25, -0.2) is 0 Å². The Kier molecular flexibility index (Phi) is 7.08. The van der Waals surface area contributed by atoms with Gasteiger partial charge in [-0.15, -0.1) is 0 Å². The van der Waals surface area contributed by atoms with E-state index in [4.69, 9.17) is 16.3 Å². The molecule has 5 heteroatoms. The Morgan fingerprint density at radius 1 is 1.53 bits per heavy atom. The van der Waals surface area contributed by atoms with Crippen LogP contribution in [0.15, 0.2) is 22.7 Å². The number of halogens is 2. The largest absolute Gasteiger partial charge is 0.395 e. The van der Waals surface area contributed by atoms with Gasteiger partial charge in [-0.2, -0.15) is 0 Å². The van der Waals surface area contributed by atoms with Gasteiger partial charge in [0, 0.05) is 35.8 Å². The van der Waals surface area contributed by atoms with Crippen molar-refractivity contribution in [2.24, 2.45) is 0 Å². The van der Waals surface area contributed by atoms with Gasteiger partial charge in [0.2, 0.25) is 0 Å². The molecule has 0 saturated carbocycles. The molecule has 0 aromatic heterocycles. The molecule has 0 spiro atoms. The van der Waals surface area contributed by atoms with E-state index in [1.807, 2.05) is 18.2 Å². The summed E-state index contributed by atoms with van der Waals surface area (Å²) in [4.78, 5) is 0. The lowest BCUT2D eigenvalue weighted by Gasteiger charge is -2.16. The molecule has 0 aliphatic carbocycles. The molecule has 0 radical (unpaired) electrons. The summed E-state index contributed by atoms with van der Waals surface area (Å²) in [5, 5.41) is 13.2. The molecule has 1 atom stereocenters. The summed E-state index contributed by atoms with van der Waals surface area (Å²) in [6.07, 6.45) is 0.779. The van der Waals surface area contributed by atoms with Gasteiger partial charge in [0.05, 0.1) is 6.61 Å². The zero-order valence-electron chi connectivity index (χ0n) is 9.75. The lowest BCUT2D eigenvalue weighted by molar-refractivity contribution is 0.159. The first-order chi connectivity index (χ1) is 8.17. The monoisotopic (exact) mass is 321 g/mol. The van der Waals surface area contributed by atoms with E-state index < -0.39 is 0 Å². The van der Waals surface area contributed by atoms with Crippen LogP contribution in [-0.4, -0.2) is 31.5 Å². The van der Waals surface area contributed by atoms with Gasteiger partial charge in [-0.05, 0) is 24.1 Å². The van der Waals surface area contributed by atoms with Crippen molar-refractivity contribution in [1.82, 2.24) is 5.32 Å². The minimum absolute atomic E-state index is 0.0367. The van der Waals surface area contributed by atoms with Gasteiger partial charge in [-0.1, -0.05) is 33.6 Å². The zero-order valence-corrected chi connectivity index (χ0v) is 12.1. The quantitative estimate of drug-likeness (QED) is 0.811. The first-order valence-electron chi connectivity index (χ1n) is 5.44. The second kappa shape index (κ2) is 8.06. The summed E-state index contributed by atoms with van der Waals surface area (Å²) >= 11 is 9.47. The molecule has 1 aromatic rings. The molecular formula is C12H17BrClNO2. The number of aliphatic hydroxyl groups is 1. The normalized spacial score (nSPS) is 12.7. The minimum atomic E-state index is 0.0367. The topological polar surface area (TPSA) is 41.5 Å². The third-order valence-corrected chi connectivity index (χ3v) is 3.33. The highest BCUT2D eigenvalue weighted by atomic mass is 79.9. The van der Waals surface area contributed by atoms with E-state index in [0.29, 0.717) is 13.2 Å². The summed E-state index contributed by atoms with van der Waals surface area (Å²) in [7, 11) is 1.65. The van der Waals surface area contributed by atoms with E-state index in [1.54, 1.807) is 7.11 Å². The Bertz CT molecular complexity index is 349. The van der Waals surface area contributed by atoms with Crippen LogP contribution in [0.1, 0.15) is 12.0 Å². The molecule has 0 bridgehead atoms. The van der Waals surface area contributed by atoms with Crippen LogP contribution in [0.4, 0.5) is 0 Å². The van der Waals surface area contributed by atoms with Crippen LogP contribution in [0.3, 0.4) is 0 Å². The molecule has 1 rings (SSSR count). The maximum Gasteiger partial charge on any atom is 0.0585 e. The second-order valence-corrected chi connectivity index (χ2v) is 5.10. The SMILES string of the molecule is COCCC(CO)NCc1ccc(Br)cc1Cl. The van der Waals surface area contributed by atoms with Gasteiger partial charge in [0.1, 0.15) is 0 Å². The van der Waals surface area contributed by atoms with Gasteiger partial charge < -0.3 is 15.2 Å². The van der Waals surface area contributed by atoms with Crippen molar-refractivity contribution in [2.75, 3.05) is 20.3 Å². The summed E-state index contributed by atoms with van der Waals surface area (Å²) in [6, 6.07) is 5.81. The van der Waals surface area contributed by atoms with Crippen LogP contribution in [0.25, 0.3) is 0 Å². The first-order valence-corrected chi connectivity index (χ1v) is 6.61. The van der Waals surface area contributed by atoms with E-state index in [9.17, 15) is 5.11 Å². The smallest absolute Gasteiger partial charge is 0.0585 e. The summed E-state index contributed by atoms with van der Waals surface area (Å²) in [6.45, 7) is 1.37. The van der Waals surface area contributed by atoms with Crippen molar-refractivity contribution in [2.45, 2.75) is 19.0 Å². The third-order valence-electron chi connectivity index (χ3n) is 2.49. The standard InChI is InChI=1S/C12H17BrClNO2/c1-17-5-4-11(8-16)15-7-9-2-3-10(13)6-12(9)14/h2-3,6,11,15-16H,4-5,7-8H2,1H3. The van der Waals surface area contributed by atoms with E-state index in [0.717, 1.165) is 21.5 Å². The number of aliphatic hydroxyl groups excluding tert-OH is 1. The minimum Gasteiger partial charge on any atom is -0.395 e. The Hall–Kier alpha value is -0.130. The Labute approximate surface area is 115 Å². The molecule has 17 heavy (non-hydrogen) atoms. The van der Waals surface area contributed by atoms with Gasteiger partial charge in [-0.3, -0.25) is 0 Å². The van der Waals surface area contributed by atoms with Crippen LogP contribution in [0.5, 0.6) is 0 Å². The molecular weight excluding hydrogens is 305 g/mol. The predicted octanol–water partition coefficient (Wildman–Crippen LogP) is 2.59. The Balaban J connectivity index is 2.47. The van der Waals surface area contributed by atoms with Crippen molar-refractivity contribution in [1.29, 1.82) is 0 Å². The first kappa shape index (κ1) is 14.9. The molecule has 0 fully saturated rings. The van der Waals surface area contributed by atoms with Crippen LogP contribution in [0.2, 0.25) is 5.02 Å². The maximum atomic E-state index is 9.19. The van der Waals surface area contributed by atoms with Crippen molar-refractivity contribution in [3.05, 3.63) is 33.3 Å².